The number of rotatable bonds is 0. The van der Waals surface area contributed by atoms with Crippen LogP contribution in [0.2, 0.25) is 0 Å². The molecule has 0 saturated carbocycles. The highest BCUT2D eigenvalue weighted by Gasteiger charge is 2.12. The van der Waals surface area contributed by atoms with Gasteiger partial charge in [-0.3, -0.25) is 0 Å². The van der Waals surface area contributed by atoms with Gasteiger partial charge in [0.1, 0.15) is 5.75 Å². The molecule has 70 valence electrons. The summed E-state index contributed by atoms with van der Waals surface area (Å²) in [6, 6.07) is 4.09. The number of halogens is 2. The molecule has 1 N–H and O–H groups in total. The van der Waals surface area contributed by atoms with Crippen molar-refractivity contribution in [1.29, 1.82) is 0 Å². The van der Waals surface area contributed by atoms with E-state index in [1.165, 1.54) is 3.57 Å². The maximum absolute atomic E-state index is 5.61. The van der Waals surface area contributed by atoms with Gasteiger partial charge in [-0.25, -0.2) is 0 Å². The molecule has 0 amide bonds. The van der Waals surface area contributed by atoms with E-state index in [4.69, 9.17) is 4.74 Å². The molecular weight excluding hydrogens is 345 g/mol. The lowest BCUT2D eigenvalue weighted by molar-refractivity contribution is 0.322. The summed E-state index contributed by atoms with van der Waals surface area (Å²) in [6.07, 6.45) is 1.06. The number of benzene rings is 1. The van der Waals surface area contributed by atoms with Crippen LogP contribution in [0.4, 0.5) is 5.69 Å². The number of hydrogen-bond donors (Lipinski definition) is 1. The quantitative estimate of drug-likeness (QED) is 0.723. The predicted octanol–water partition coefficient (Wildman–Crippen LogP) is 3.25. The van der Waals surface area contributed by atoms with Gasteiger partial charge in [-0.15, -0.1) is 0 Å². The largest absolute Gasteiger partial charge is 0.491 e. The van der Waals surface area contributed by atoms with E-state index < -0.39 is 0 Å². The smallest absolute Gasteiger partial charge is 0.144 e. The molecule has 1 aliphatic heterocycles. The molecule has 2 rings (SSSR count). The van der Waals surface area contributed by atoms with Crippen molar-refractivity contribution in [2.45, 2.75) is 6.42 Å². The highest BCUT2D eigenvalue weighted by Crippen LogP contribution is 2.34. The third kappa shape index (κ3) is 2.10. The Labute approximate surface area is 99.3 Å². The first kappa shape index (κ1) is 9.58. The van der Waals surface area contributed by atoms with Crippen LogP contribution in [0.3, 0.4) is 0 Å². The van der Waals surface area contributed by atoms with Crippen molar-refractivity contribution in [2.75, 3.05) is 18.5 Å². The molecule has 4 heteroatoms. The molecule has 1 aliphatic rings. The molecule has 0 radical (unpaired) electrons. The van der Waals surface area contributed by atoms with Crippen molar-refractivity contribution < 1.29 is 4.74 Å². The summed E-state index contributed by atoms with van der Waals surface area (Å²) in [7, 11) is 0. The molecule has 1 aromatic rings. The molecule has 13 heavy (non-hydrogen) atoms. The molecule has 0 aromatic heterocycles. The number of fused-ring (bicyclic) bond motifs is 1. The van der Waals surface area contributed by atoms with Gasteiger partial charge >= 0.3 is 0 Å². The fourth-order valence-electron chi connectivity index (χ4n) is 1.30. The normalized spacial score (nSPS) is 15.2. The van der Waals surface area contributed by atoms with Crippen LogP contribution in [0, 0.1) is 3.57 Å². The maximum Gasteiger partial charge on any atom is 0.144 e. The Hall–Kier alpha value is 0.0300. The molecule has 0 saturated heterocycles. The van der Waals surface area contributed by atoms with E-state index in [1.54, 1.807) is 0 Å². The van der Waals surface area contributed by atoms with Gasteiger partial charge in [-0.05, 0) is 41.1 Å². The zero-order chi connectivity index (χ0) is 9.26. The van der Waals surface area contributed by atoms with Gasteiger partial charge in [0.2, 0.25) is 0 Å². The summed E-state index contributed by atoms with van der Waals surface area (Å²) in [6.45, 7) is 1.79. The summed E-state index contributed by atoms with van der Waals surface area (Å²) < 4.78 is 7.88. The van der Waals surface area contributed by atoms with Crippen LogP contribution in [-0.4, -0.2) is 13.2 Å². The van der Waals surface area contributed by atoms with Crippen molar-refractivity contribution in [3.8, 4) is 5.75 Å². The van der Waals surface area contributed by atoms with Crippen molar-refractivity contribution in [2.24, 2.45) is 0 Å². The van der Waals surface area contributed by atoms with Crippen LogP contribution in [0.1, 0.15) is 6.42 Å². The minimum Gasteiger partial charge on any atom is -0.491 e. The lowest BCUT2D eigenvalue weighted by atomic mass is 10.3. The lowest BCUT2D eigenvalue weighted by Crippen LogP contribution is -2.01. The van der Waals surface area contributed by atoms with Crippen LogP contribution in [-0.2, 0) is 0 Å². The Morgan fingerprint density at radius 3 is 3.15 bits per heavy atom. The van der Waals surface area contributed by atoms with Crippen LogP contribution in [0.15, 0.2) is 16.6 Å². The van der Waals surface area contributed by atoms with E-state index in [1.807, 2.05) is 6.07 Å². The number of ether oxygens (including phenoxy) is 1. The fourth-order valence-corrected chi connectivity index (χ4v) is 2.96. The van der Waals surface area contributed by atoms with E-state index in [0.29, 0.717) is 0 Å². The fraction of sp³-hybridized carbons (Fsp3) is 0.333. The van der Waals surface area contributed by atoms with E-state index >= 15 is 0 Å². The zero-order valence-corrected chi connectivity index (χ0v) is 10.7. The molecule has 0 aliphatic carbocycles. The van der Waals surface area contributed by atoms with Gasteiger partial charge in [-0.1, -0.05) is 15.9 Å². The van der Waals surface area contributed by atoms with Crippen molar-refractivity contribution in [3.05, 3.63) is 20.2 Å². The Morgan fingerprint density at radius 2 is 2.31 bits per heavy atom. The standard InChI is InChI=1S/C9H9BrINO/c10-6-4-7(11)9-8(5-6)13-3-1-2-12-9/h4-5,12H,1-3H2. The van der Waals surface area contributed by atoms with Gasteiger partial charge < -0.3 is 10.1 Å². The van der Waals surface area contributed by atoms with Gasteiger partial charge in [0.15, 0.2) is 0 Å². The van der Waals surface area contributed by atoms with Gasteiger partial charge in [-0.2, -0.15) is 0 Å². The average molecular weight is 354 g/mol. The Balaban J connectivity index is 2.47. The summed E-state index contributed by atoms with van der Waals surface area (Å²) >= 11 is 5.77. The SMILES string of the molecule is Brc1cc(I)c2c(c1)OCCCN2. The van der Waals surface area contributed by atoms with E-state index in [9.17, 15) is 0 Å². The molecule has 2 nitrogen and oxygen atoms in total. The minimum absolute atomic E-state index is 0.798. The van der Waals surface area contributed by atoms with E-state index in [-0.39, 0.29) is 0 Å². The Bertz CT molecular complexity index is 330. The third-order valence-corrected chi connectivity index (χ3v) is 3.21. The van der Waals surface area contributed by atoms with E-state index in [0.717, 1.165) is 35.5 Å². The minimum atomic E-state index is 0.798. The second kappa shape index (κ2) is 4.04. The second-order valence-electron chi connectivity index (χ2n) is 2.89. The molecule has 0 atom stereocenters. The summed E-state index contributed by atoms with van der Waals surface area (Å²) in [5.74, 6) is 0.955. The molecule has 0 unspecified atom stereocenters. The predicted molar refractivity (Wildman–Crippen MR) is 65.5 cm³/mol. The molecular formula is C9H9BrINO. The summed E-state index contributed by atoms with van der Waals surface area (Å²) in [5, 5.41) is 3.37. The first-order valence-corrected chi connectivity index (χ1v) is 6.00. The van der Waals surface area contributed by atoms with E-state index in [2.05, 4.69) is 49.9 Å². The van der Waals surface area contributed by atoms with Crippen molar-refractivity contribution in [3.63, 3.8) is 0 Å². The Kier molecular flexibility index (Phi) is 2.98. The van der Waals surface area contributed by atoms with Gasteiger partial charge in [0.05, 0.1) is 12.3 Å². The third-order valence-electron chi connectivity index (χ3n) is 1.90. The molecule has 0 spiro atoms. The van der Waals surface area contributed by atoms with Crippen LogP contribution in [0.25, 0.3) is 0 Å². The first-order valence-electron chi connectivity index (χ1n) is 4.13. The van der Waals surface area contributed by atoms with Gasteiger partial charge in [0.25, 0.3) is 0 Å². The summed E-state index contributed by atoms with van der Waals surface area (Å²) in [5.41, 5.74) is 1.13. The van der Waals surface area contributed by atoms with Crippen molar-refractivity contribution in [1.82, 2.24) is 0 Å². The molecule has 1 heterocycles. The van der Waals surface area contributed by atoms with Gasteiger partial charge in [0, 0.05) is 14.6 Å². The van der Waals surface area contributed by atoms with Crippen LogP contribution in [0.5, 0.6) is 5.75 Å². The Morgan fingerprint density at radius 1 is 1.46 bits per heavy atom. The zero-order valence-electron chi connectivity index (χ0n) is 6.94. The lowest BCUT2D eigenvalue weighted by Gasteiger charge is -2.09. The topological polar surface area (TPSA) is 21.3 Å². The van der Waals surface area contributed by atoms with Crippen molar-refractivity contribution >= 4 is 44.2 Å². The monoisotopic (exact) mass is 353 g/mol. The summed E-state index contributed by atoms with van der Waals surface area (Å²) in [4.78, 5) is 0. The number of nitrogens with one attached hydrogen (secondary N) is 1. The van der Waals surface area contributed by atoms with Crippen LogP contribution >= 0.6 is 38.5 Å². The number of anilines is 1. The van der Waals surface area contributed by atoms with Crippen LogP contribution < -0.4 is 10.1 Å². The first-order chi connectivity index (χ1) is 6.27. The average Bonchev–Trinajstić information content (AvgIpc) is 2.28. The molecule has 1 aromatic carbocycles. The highest BCUT2D eigenvalue weighted by molar-refractivity contribution is 14.1. The highest BCUT2D eigenvalue weighted by atomic mass is 127. The maximum atomic E-state index is 5.61. The second-order valence-corrected chi connectivity index (χ2v) is 4.97. The number of hydrogen-bond acceptors (Lipinski definition) is 2. The molecule has 0 bridgehead atoms. The molecule has 0 fully saturated rings.